The van der Waals surface area contributed by atoms with Crippen molar-refractivity contribution >= 4 is 9.53 Å². The second-order valence-corrected chi connectivity index (χ2v) is 11.1. The van der Waals surface area contributed by atoms with Gasteiger partial charge in [-0.15, -0.1) is 0 Å². The predicted octanol–water partition coefficient (Wildman–Crippen LogP) is 10.0. The van der Waals surface area contributed by atoms with Crippen molar-refractivity contribution in [3.05, 3.63) is 0 Å². The smallest absolute Gasteiger partial charge is 0.376 e. The van der Waals surface area contributed by atoms with Crippen molar-refractivity contribution in [2.24, 2.45) is 0 Å². The first-order chi connectivity index (χ1) is 16.3. The van der Waals surface area contributed by atoms with Crippen molar-refractivity contribution in [1.29, 1.82) is 0 Å². The summed E-state index contributed by atoms with van der Waals surface area (Å²) in [6.07, 6.45) is 29.5. The first-order valence-corrected chi connectivity index (χ1v) is 16.5. The molecule has 0 atom stereocenters. The van der Waals surface area contributed by atoms with Gasteiger partial charge in [-0.1, -0.05) is 150 Å². The molecule has 0 aromatic rings. The summed E-state index contributed by atoms with van der Waals surface area (Å²) in [5.74, 6) is 0. The molecule has 0 bridgehead atoms. The quantitative estimate of drug-likeness (QED) is 0.0895. The standard InChI is InChI=1S/C20H42.C9H22O3Si/c1-3-5-7-9-11-13-15-17-19-20-18-16-14-12-10-8-6-4-2;1-4-7-10-13(11-8-5-2)12-9-6-3/h3-20H2,1-2H3;13H,4-9H2,1-3H3. The van der Waals surface area contributed by atoms with Crippen LogP contribution in [0.25, 0.3) is 0 Å². The van der Waals surface area contributed by atoms with Crippen molar-refractivity contribution in [3.63, 3.8) is 0 Å². The number of hydrogen-bond acceptors (Lipinski definition) is 3. The summed E-state index contributed by atoms with van der Waals surface area (Å²) in [7, 11) is -1.79. The van der Waals surface area contributed by atoms with E-state index in [1.165, 1.54) is 116 Å². The summed E-state index contributed by atoms with van der Waals surface area (Å²) in [5.41, 5.74) is 0. The SMILES string of the molecule is CCCCCCCCCCCCCCCCCCCC.CCCO[SiH](OCCC)OCCC. The Bertz CT molecular complexity index is 278. The van der Waals surface area contributed by atoms with Crippen LogP contribution in [-0.4, -0.2) is 29.3 Å². The monoisotopic (exact) mass is 488 g/mol. The molecule has 3 nitrogen and oxygen atoms in total. The zero-order valence-electron chi connectivity index (χ0n) is 23.8. The lowest BCUT2D eigenvalue weighted by atomic mass is 10.0. The van der Waals surface area contributed by atoms with E-state index in [9.17, 15) is 0 Å². The highest BCUT2D eigenvalue weighted by Gasteiger charge is 2.13. The fourth-order valence-corrected chi connectivity index (χ4v) is 5.33. The molecule has 0 aromatic carbocycles. The van der Waals surface area contributed by atoms with E-state index >= 15 is 0 Å². The predicted molar refractivity (Wildman–Crippen MR) is 150 cm³/mol. The van der Waals surface area contributed by atoms with Gasteiger partial charge in [0.15, 0.2) is 0 Å². The van der Waals surface area contributed by atoms with Gasteiger partial charge in [-0.05, 0) is 19.3 Å². The maximum Gasteiger partial charge on any atom is 0.484 e. The minimum atomic E-state index is -1.79. The summed E-state index contributed by atoms with van der Waals surface area (Å²) >= 11 is 0. The Morgan fingerprint density at radius 1 is 0.303 bits per heavy atom. The molecule has 0 amide bonds. The molecular weight excluding hydrogens is 424 g/mol. The number of rotatable bonds is 26. The summed E-state index contributed by atoms with van der Waals surface area (Å²) < 4.78 is 16.5. The molecule has 202 valence electrons. The Morgan fingerprint density at radius 3 is 0.697 bits per heavy atom. The summed E-state index contributed by atoms with van der Waals surface area (Å²) in [5, 5.41) is 0. The van der Waals surface area contributed by atoms with E-state index in [0.717, 1.165) is 39.1 Å². The lowest BCUT2D eigenvalue weighted by molar-refractivity contribution is 0.0933. The molecule has 0 aliphatic rings. The highest BCUT2D eigenvalue weighted by Crippen LogP contribution is 2.14. The molecule has 0 rings (SSSR count). The molecule has 0 aromatic heterocycles. The van der Waals surface area contributed by atoms with Gasteiger partial charge in [-0.2, -0.15) is 0 Å². The van der Waals surface area contributed by atoms with Crippen LogP contribution >= 0.6 is 0 Å². The fraction of sp³-hybridized carbons (Fsp3) is 1.00. The van der Waals surface area contributed by atoms with Gasteiger partial charge in [0.25, 0.3) is 0 Å². The van der Waals surface area contributed by atoms with Gasteiger partial charge in [0.2, 0.25) is 0 Å². The lowest BCUT2D eigenvalue weighted by Crippen LogP contribution is -2.28. The van der Waals surface area contributed by atoms with Crippen molar-refractivity contribution in [1.82, 2.24) is 0 Å². The fourth-order valence-electron chi connectivity index (χ4n) is 3.76. The third kappa shape index (κ3) is 34.3. The molecule has 0 N–H and O–H groups in total. The van der Waals surface area contributed by atoms with E-state index in [4.69, 9.17) is 13.3 Å². The van der Waals surface area contributed by atoms with Crippen molar-refractivity contribution < 1.29 is 13.3 Å². The Labute approximate surface area is 212 Å². The van der Waals surface area contributed by atoms with Gasteiger partial charge in [-0.25, -0.2) is 0 Å². The van der Waals surface area contributed by atoms with Crippen LogP contribution in [0.4, 0.5) is 0 Å². The summed E-state index contributed by atoms with van der Waals surface area (Å²) in [4.78, 5) is 0. The van der Waals surface area contributed by atoms with Crippen LogP contribution in [-0.2, 0) is 13.3 Å². The van der Waals surface area contributed by atoms with Crippen LogP contribution < -0.4 is 0 Å². The Morgan fingerprint density at radius 2 is 0.515 bits per heavy atom. The molecule has 0 heterocycles. The average molecular weight is 489 g/mol. The lowest BCUT2D eigenvalue weighted by Gasteiger charge is -2.15. The van der Waals surface area contributed by atoms with Gasteiger partial charge < -0.3 is 13.3 Å². The number of hydrogen-bond donors (Lipinski definition) is 0. The molecule has 0 fully saturated rings. The molecule has 0 unspecified atom stereocenters. The summed E-state index contributed by atoms with van der Waals surface area (Å²) in [6.45, 7) is 13.1. The van der Waals surface area contributed by atoms with E-state index in [0.29, 0.717) is 0 Å². The van der Waals surface area contributed by atoms with Gasteiger partial charge in [-0.3, -0.25) is 0 Å². The average Bonchev–Trinajstić information content (AvgIpc) is 2.83. The second-order valence-electron chi connectivity index (χ2n) is 9.56. The van der Waals surface area contributed by atoms with E-state index in [1.54, 1.807) is 0 Å². The van der Waals surface area contributed by atoms with Crippen molar-refractivity contribution in [3.8, 4) is 0 Å². The van der Waals surface area contributed by atoms with E-state index in [2.05, 4.69) is 34.6 Å². The molecule has 0 saturated heterocycles. The third-order valence-electron chi connectivity index (χ3n) is 5.83. The molecule has 33 heavy (non-hydrogen) atoms. The van der Waals surface area contributed by atoms with E-state index in [1.807, 2.05) is 0 Å². The maximum absolute atomic E-state index is 5.49. The van der Waals surface area contributed by atoms with Crippen LogP contribution in [0.3, 0.4) is 0 Å². The van der Waals surface area contributed by atoms with E-state index < -0.39 is 9.53 Å². The molecule has 0 saturated carbocycles. The summed E-state index contributed by atoms with van der Waals surface area (Å²) in [6, 6.07) is 0. The Balaban J connectivity index is 0. The third-order valence-corrected chi connectivity index (χ3v) is 7.35. The maximum atomic E-state index is 5.49. The highest BCUT2D eigenvalue weighted by molar-refractivity contribution is 6.36. The Kier molecular flexibility index (Phi) is 36.6. The Hall–Kier alpha value is 0.0969. The molecule has 0 aliphatic heterocycles. The van der Waals surface area contributed by atoms with E-state index in [-0.39, 0.29) is 0 Å². The molecule has 0 spiro atoms. The zero-order valence-corrected chi connectivity index (χ0v) is 24.9. The topological polar surface area (TPSA) is 27.7 Å². The second kappa shape index (κ2) is 34.3. The van der Waals surface area contributed by atoms with Crippen LogP contribution in [0.2, 0.25) is 0 Å². The zero-order chi connectivity index (χ0) is 24.7. The molecule has 4 heteroatoms. The van der Waals surface area contributed by atoms with Gasteiger partial charge in [0.05, 0.1) is 0 Å². The minimum Gasteiger partial charge on any atom is -0.376 e. The normalized spacial score (nSPS) is 11.1. The van der Waals surface area contributed by atoms with Crippen LogP contribution in [0.1, 0.15) is 169 Å². The largest absolute Gasteiger partial charge is 0.484 e. The molecule has 0 radical (unpaired) electrons. The van der Waals surface area contributed by atoms with Crippen LogP contribution in [0, 0.1) is 0 Å². The van der Waals surface area contributed by atoms with Gasteiger partial charge in [0, 0.05) is 19.8 Å². The first kappa shape index (κ1) is 35.3. The first-order valence-electron chi connectivity index (χ1n) is 15.1. The van der Waals surface area contributed by atoms with Crippen LogP contribution in [0.5, 0.6) is 0 Å². The molecule has 0 aliphatic carbocycles. The van der Waals surface area contributed by atoms with Crippen molar-refractivity contribution in [2.75, 3.05) is 19.8 Å². The minimum absolute atomic E-state index is 0.754. The highest BCUT2D eigenvalue weighted by atomic mass is 28.3. The van der Waals surface area contributed by atoms with Gasteiger partial charge in [0.1, 0.15) is 0 Å². The van der Waals surface area contributed by atoms with Crippen LogP contribution in [0.15, 0.2) is 0 Å². The molecular formula is C29H64O3Si. The number of unbranched alkanes of at least 4 members (excludes halogenated alkanes) is 17. The van der Waals surface area contributed by atoms with Crippen molar-refractivity contribution in [2.45, 2.75) is 169 Å². The van der Waals surface area contributed by atoms with Gasteiger partial charge >= 0.3 is 9.53 Å².